The van der Waals surface area contributed by atoms with Crippen LogP contribution in [0, 0.1) is 0 Å². The molecule has 0 bridgehead atoms. The van der Waals surface area contributed by atoms with Gasteiger partial charge in [-0.3, -0.25) is 0 Å². The van der Waals surface area contributed by atoms with E-state index in [0.717, 1.165) is 28.4 Å². The van der Waals surface area contributed by atoms with Gasteiger partial charge in [-0.25, -0.2) is 4.98 Å². The Morgan fingerprint density at radius 2 is 2.00 bits per heavy atom. The van der Waals surface area contributed by atoms with E-state index in [0.29, 0.717) is 6.54 Å². The normalized spacial score (nSPS) is 9.76. The van der Waals surface area contributed by atoms with Crippen LogP contribution in [0.15, 0.2) is 29.6 Å². The fraction of sp³-hybridized carbons (Fsp3) is 0.250. The second kappa shape index (κ2) is 6.59. The van der Waals surface area contributed by atoms with Crippen molar-refractivity contribution in [1.29, 1.82) is 0 Å². The van der Waals surface area contributed by atoms with Crippen molar-refractivity contribution in [3.05, 3.63) is 35.3 Å². The molecular weight excluding hydrogens is 256 g/mol. The summed E-state index contributed by atoms with van der Waals surface area (Å²) < 4.78 is 5.12. The first-order valence-corrected chi connectivity index (χ1v) is 6.00. The summed E-state index contributed by atoms with van der Waals surface area (Å²) in [5.41, 5.74) is 7.68. The summed E-state index contributed by atoms with van der Waals surface area (Å²) in [6.45, 7) is 0.645. The highest BCUT2D eigenvalue weighted by molar-refractivity contribution is 7.13. The van der Waals surface area contributed by atoms with Crippen molar-refractivity contribution >= 4 is 23.7 Å². The topological polar surface area (TPSA) is 48.1 Å². The van der Waals surface area contributed by atoms with E-state index < -0.39 is 0 Å². The van der Waals surface area contributed by atoms with E-state index in [1.54, 1.807) is 18.4 Å². The molecule has 0 aliphatic carbocycles. The maximum absolute atomic E-state index is 5.49. The molecule has 3 nitrogen and oxygen atoms in total. The minimum atomic E-state index is 0. The van der Waals surface area contributed by atoms with Gasteiger partial charge in [-0.05, 0) is 30.8 Å². The van der Waals surface area contributed by atoms with Crippen LogP contribution in [0.1, 0.15) is 5.69 Å². The van der Waals surface area contributed by atoms with Crippen molar-refractivity contribution in [3.8, 4) is 16.3 Å². The molecule has 2 aromatic rings. The maximum Gasteiger partial charge on any atom is 0.123 e. The summed E-state index contributed by atoms with van der Waals surface area (Å²) in [6.07, 6.45) is 0.840. The number of rotatable bonds is 4. The highest BCUT2D eigenvalue weighted by atomic mass is 35.5. The molecule has 2 N–H and O–H groups in total. The molecule has 0 radical (unpaired) electrons. The monoisotopic (exact) mass is 270 g/mol. The Morgan fingerprint density at radius 3 is 2.59 bits per heavy atom. The van der Waals surface area contributed by atoms with Gasteiger partial charge in [-0.2, -0.15) is 0 Å². The van der Waals surface area contributed by atoms with E-state index in [-0.39, 0.29) is 12.4 Å². The van der Waals surface area contributed by atoms with E-state index >= 15 is 0 Å². The van der Waals surface area contributed by atoms with Gasteiger partial charge >= 0.3 is 0 Å². The molecule has 1 aromatic heterocycles. The van der Waals surface area contributed by atoms with Crippen molar-refractivity contribution in [2.75, 3.05) is 13.7 Å². The molecule has 17 heavy (non-hydrogen) atoms. The van der Waals surface area contributed by atoms with Gasteiger partial charge in [0.1, 0.15) is 10.8 Å². The van der Waals surface area contributed by atoms with Crippen molar-refractivity contribution in [2.45, 2.75) is 6.42 Å². The lowest BCUT2D eigenvalue weighted by Crippen LogP contribution is -2.02. The zero-order chi connectivity index (χ0) is 11.4. The molecule has 0 fully saturated rings. The van der Waals surface area contributed by atoms with E-state index in [9.17, 15) is 0 Å². The lowest BCUT2D eigenvalue weighted by atomic mass is 10.2. The summed E-state index contributed by atoms with van der Waals surface area (Å²) in [5, 5.41) is 3.10. The van der Waals surface area contributed by atoms with E-state index in [1.165, 1.54) is 0 Å². The van der Waals surface area contributed by atoms with Crippen LogP contribution in [0.5, 0.6) is 5.75 Å². The minimum absolute atomic E-state index is 0. The van der Waals surface area contributed by atoms with Crippen molar-refractivity contribution in [3.63, 3.8) is 0 Å². The molecule has 0 aliphatic heterocycles. The quantitative estimate of drug-likeness (QED) is 0.929. The minimum Gasteiger partial charge on any atom is -0.497 e. The number of benzene rings is 1. The van der Waals surface area contributed by atoms with Crippen molar-refractivity contribution in [1.82, 2.24) is 4.98 Å². The molecule has 0 saturated carbocycles. The Bertz CT molecular complexity index is 456. The molecule has 0 unspecified atom stereocenters. The summed E-state index contributed by atoms with van der Waals surface area (Å²) in [6, 6.07) is 7.92. The van der Waals surface area contributed by atoms with Gasteiger partial charge in [-0.1, -0.05) is 0 Å². The number of aromatic nitrogens is 1. The van der Waals surface area contributed by atoms with E-state index in [4.69, 9.17) is 10.5 Å². The molecule has 0 atom stereocenters. The van der Waals surface area contributed by atoms with Gasteiger partial charge in [0.05, 0.1) is 12.8 Å². The highest BCUT2D eigenvalue weighted by Gasteiger charge is 2.04. The average Bonchev–Trinajstić information content (AvgIpc) is 2.78. The SMILES string of the molecule is COc1ccc(-c2nc(CCN)cs2)cc1.Cl. The predicted octanol–water partition coefficient (Wildman–Crippen LogP) is 2.74. The van der Waals surface area contributed by atoms with Gasteiger partial charge in [0.25, 0.3) is 0 Å². The zero-order valence-electron chi connectivity index (χ0n) is 9.55. The summed E-state index contributed by atoms with van der Waals surface area (Å²) in [7, 11) is 1.66. The second-order valence-electron chi connectivity index (χ2n) is 3.41. The first-order chi connectivity index (χ1) is 7.83. The third-order valence-electron chi connectivity index (χ3n) is 2.29. The molecule has 1 aromatic carbocycles. The number of ether oxygens (including phenoxy) is 1. The predicted molar refractivity (Wildman–Crippen MR) is 74.1 cm³/mol. The number of hydrogen-bond donors (Lipinski definition) is 1. The van der Waals surface area contributed by atoms with Crippen LogP contribution in [0.2, 0.25) is 0 Å². The number of methoxy groups -OCH3 is 1. The van der Waals surface area contributed by atoms with Crippen LogP contribution >= 0.6 is 23.7 Å². The Labute approximate surface area is 111 Å². The molecule has 2 rings (SSSR count). The molecule has 92 valence electrons. The van der Waals surface area contributed by atoms with E-state index in [2.05, 4.69) is 10.4 Å². The van der Waals surface area contributed by atoms with Gasteiger partial charge < -0.3 is 10.5 Å². The summed E-state index contributed by atoms with van der Waals surface area (Å²) in [4.78, 5) is 4.52. The smallest absolute Gasteiger partial charge is 0.123 e. The van der Waals surface area contributed by atoms with Gasteiger partial charge in [-0.15, -0.1) is 23.7 Å². The van der Waals surface area contributed by atoms with Gasteiger partial charge in [0, 0.05) is 17.4 Å². The first-order valence-electron chi connectivity index (χ1n) is 5.12. The summed E-state index contributed by atoms with van der Waals surface area (Å²) >= 11 is 1.65. The van der Waals surface area contributed by atoms with Gasteiger partial charge in [0.15, 0.2) is 0 Å². The Balaban J connectivity index is 0.00000144. The number of nitrogens with two attached hydrogens (primary N) is 1. The molecule has 5 heteroatoms. The van der Waals surface area contributed by atoms with Crippen LogP contribution in [-0.4, -0.2) is 18.6 Å². The third-order valence-corrected chi connectivity index (χ3v) is 3.23. The standard InChI is InChI=1S/C12H14N2OS.ClH/c1-15-11-4-2-9(3-5-11)12-14-10(6-7-13)8-16-12;/h2-5,8H,6-7,13H2,1H3;1H. The van der Waals surface area contributed by atoms with Crippen LogP contribution in [0.3, 0.4) is 0 Å². The van der Waals surface area contributed by atoms with Gasteiger partial charge in [0.2, 0.25) is 0 Å². The van der Waals surface area contributed by atoms with Crippen LogP contribution in [0.25, 0.3) is 10.6 Å². The number of hydrogen-bond acceptors (Lipinski definition) is 4. The van der Waals surface area contributed by atoms with Crippen LogP contribution in [-0.2, 0) is 6.42 Å². The largest absolute Gasteiger partial charge is 0.497 e. The van der Waals surface area contributed by atoms with Crippen molar-refractivity contribution < 1.29 is 4.74 Å². The molecule has 0 amide bonds. The average molecular weight is 271 g/mol. The van der Waals surface area contributed by atoms with Crippen LogP contribution < -0.4 is 10.5 Å². The number of halogens is 1. The van der Waals surface area contributed by atoms with Crippen molar-refractivity contribution in [2.24, 2.45) is 5.73 Å². The molecular formula is C12H15ClN2OS. The number of nitrogens with zero attached hydrogens (tertiary/aromatic N) is 1. The zero-order valence-corrected chi connectivity index (χ0v) is 11.2. The Hall–Kier alpha value is -1.10. The molecule has 0 spiro atoms. The lowest BCUT2D eigenvalue weighted by Gasteiger charge is -2.00. The van der Waals surface area contributed by atoms with E-state index in [1.807, 2.05) is 24.3 Å². The molecule has 1 heterocycles. The first kappa shape index (κ1) is 14.0. The highest BCUT2D eigenvalue weighted by Crippen LogP contribution is 2.25. The third kappa shape index (κ3) is 3.43. The maximum atomic E-state index is 5.49. The fourth-order valence-electron chi connectivity index (χ4n) is 1.44. The Kier molecular flexibility index (Phi) is 5.41. The Morgan fingerprint density at radius 1 is 1.29 bits per heavy atom. The number of thiazole rings is 1. The molecule has 0 aliphatic rings. The summed E-state index contributed by atoms with van der Waals surface area (Å²) in [5.74, 6) is 0.863. The fourth-order valence-corrected chi connectivity index (χ4v) is 2.30. The lowest BCUT2D eigenvalue weighted by molar-refractivity contribution is 0.415. The second-order valence-corrected chi connectivity index (χ2v) is 4.27. The molecule has 0 saturated heterocycles. The van der Waals surface area contributed by atoms with Crippen LogP contribution in [0.4, 0.5) is 0 Å².